The maximum atomic E-state index is 11.0. The third-order valence-corrected chi connectivity index (χ3v) is 4.09. The van der Waals surface area contributed by atoms with Gasteiger partial charge in [0.25, 0.3) is 0 Å². The average molecular weight is 293 g/mol. The zero-order chi connectivity index (χ0) is 13.7. The van der Waals surface area contributed by atoms with Crippen molar-refractivity contribution in [3.8, 4) is 0 Å². The van der Waals surface area contributed by atoms with Crippen LogP contribution in [0.1, 0.15) is 17.2 Å². The SMILES string of the molecule is O=C(O)CC(Sc1cccc(Cl)c1)c1ccccc1. The molecule has 0 spiro atoms. The first-order valence-electron chi connectivity index (χ1n) is 5.84. The Morgan fingerprint density at radius 1 is 1.16 bits per heavy atom. The second kappa shape index (κ2) is 6.64. The first kappa shape index (κ1) is 14.0. The number of carboxylic acid groups (broad SMARTS) is 1. The van der Waals surface area contributed by atoms with Crippen molar-refractivity contribution in [2.24, 2.45) is 0 Å². The summed E-state index contributed by atoms with van der Waals surface area (Å²) >= 11 is 7.47. The highest BCUT2D eigenvalue weighted by molar-refractivity contribution is 7.99. The molecule has 0 aliphatic rings. The highest BCUT2D eigenvalue weighted by Crippen LogP contribution is 2.38. The van der Waals surface area contributed by atoms with E-state index in [1.54, 1.807) is 6.07 Å². The Kier molecular flexibility index (Phi) is 4.88. The molecule has 1 unspecified atom stereocenters. The smallest absolute Gasteiger partial charge is 0.304 e. The van der Waals surface area contributed by atoms with Gasteiger partial charge in [0.2, 0.25) is 0 Å². The van der Waals surface area contributed by atoms with E-state index in [-0.39, 0.29) is 11.7 Å². The molecule has 98 valence electrons. The van der Waals surface area contributed by atoms with Gasteiger partial charge in [-0.05, 0) is 23.8 Å². The van der Waals surface area contributed by atoms with Crippen molar-refractivity contribution in [3.05, 3.63) is 65.2 Å². The summed E-state index contributed by atoms with van der Waals surface area (Å²) in [6, 6.07) is 17.1. The molecule has 4 heteroatoms. The second-order valence-electron chi connectivity index (χ2n) is 4.07. The molecule has 19 heavy (non-hydrogen) atoms. The van der Waals surface area contributed by atoms with Gasteiger partial charge in [0.1, 0.15) is 0 Å². The van der Waals surface area contributed by atoms with Gasteiger partial charge in [-0.1, -0.05) is 48.0 Å². The van der Waals surface area contributed by atoms with Crippen LogP contribution in [0.5, 0.6) is 0 Å². The molecule has 0 fully saturated rings. The predicted molar refractivity (Wildman–Crippen MR) is 78.7 cm³/mol. The third kappa shape index (κ3) is 4.30. The van der Waals surface area contributed by atoms with Crippen molar-refractivity contribution >= 4 is 29.3 Å². The lowest BCUT2D eigenvalue weighted by Gasteiger charge is -2.15. The number of carboxylic acids is 1. The molecule has 0 heterocycles. The molecular formula is C15H13ClO2S. The molecule has 1 atom stereocenters. The number of carbonyl (C=O) groups is 1. The summed E-state index contributed by atoms with van der Waals surface area (Å²) in [4.78, 5) is 12.0. The van der Waals surface area contributed by atoms with E-state index in [9.17, 15) is 4.79 Å². The first-order chi connectivity index (χ1) is 9.15. The van der Waals surface area contributed by atoms with Gasteiger partial charge in [0.05, 0.1) is 6.42 Å². The largest absolute Gasteiger partial charge is 0.481 e. The number of benzene rings is 2. The quantitative estimate of drug-likeness (QED) is 0.815. The Bertz CT molecular complexity index is 557. The zero-order valence-corrected chi connectivity index (χ0v) is 11.7. The van der Waals surface area contributed by atoms with Crippen molar-refractivity contribution in [2.45, 2.75) is 16.6 Å². The molecule has 2 aromatic carbocycles. The predicted octanol–water partition coefficient (Wildman–Crippen LogP) is 4.65. The van der Waals surface area contributed by atoms with E-state index in [4.69, 9.17) is 16.7 Å². The zero-order valence-electron chi connectivity index (χ0n) is 10.1. The molecule has 0 amide bonds. The molecule has 0 bridgehead atoms. The van der Waals surface area contributed by atoms with Gasteiger partial charge in [-0.3, -0.25) is 4.79 Å². The van der Waals surface area contributed by atoms with E-state index >= 15 is 0 Å². The van der Waals surface area contributed by atoms with E-state index in [2.05, 4.69) is 0 Å². The lowest BCUT2D eigenvalue weighted by atomic mass is 10.1. The number of halogens is 1. The Balaban J connectivity index is 2.21. The number of rotatable bonds is 5. The summed E-state index contributed by atoms with van der Waals surface area (Å²) in [5, 5.41) is 9.58. The number of thioether (sulfide) groups is 1. The van der Waals surface area contributed by atoms with Gasteiger partial charge in [-0.15, -0.1) is 11.8 Å². The van der Waals surface area contributed by atoms with Crippen LogP contribution in [0, 0.1) is 0 Å². The molecule has 0 radical (unpaired) electrons. The van der Waals surface area contributed by atoms with Gasteiger partial charge in [0.15, 0.2) is 0 Å². The monoisotopic (exact) mass is 292 g/mol. The first-order valence-corrected chi connectivity index (χ1v) is 7.10. The summed E-state index contributed by atoms with van der Waals surface area (Å²) in [7, 11) is 0. The third-order valence-electron chi connectivity index (χ3n) is 2.61. The van der Waals surface area contributed by atoms with Gasteiger partial charge < -0.3 is 5.11 Å². The van der Waals surface area contributed by atoms with Crippen LogP contribution in [0.15, 0.2) is 59.5 Å². The normalized spacial score (nSPS) is 12.1. The molecule has 1 N–H and O–H groups in total. The lowest BCUT2D eigenvalue weighted by Crippen LogP contribution is -2.03. The van der Waals surface area contributed by atoms with Gasteiger partial charge in [-0.25, -0.2) is 0 Å². The average Bonchev–Trinajstić information content (AvgIpc) is 2.38. The lowest BCUT2D eigenvalue weighted by molar-refractivity contribution is -0.137. The van der Waals surface area contributed by atoms with Gasteiger partial charge >= 0.3 is 5.97 Å². The fourth-order valence-electron chi connectivity index (χ4n) is 1.76. The van der Waals surface area contributed by atoms with Crippen LogP contribution in [0.4, 0.5) is 0 Å². The minimum Gasteiger partial charge on any atom is -0.481 e. The summed E-state index contributed by atoms with van der Waals surface area (Å²) in [6.45, 7) is 0. The maximum absolute atomic E-state index is 11.0. The Morgan fingerprint density at radius 2 is 1.89 bits per heavy atom. The van der Waals surface area contributed by atoms with Crippen molar-refractivity contribution in [1.82, 2.24) is 0 Å². The summed E-state index contributed by atoms with van der Waals surface area (Å²) in [5.74, 6) is -0.802. The van der Waals surface area contributed by atoms with E-state index in [1.165, 1.54) is 11.8 Å². The molecule has 2 aromatic rings. The fraction of sp³-hybridized carbons (Fsp3) is 0.133. The molecule has 0 saturated heterocycles. The minimum atomic E-state index is -0.802. The number of hydrogen-bond acceptors (Lipinski definition) is 2. The summed E-state index contributed by atoms with van der Waals surface area (Å²) in [6.07, 6.45) is 0.0845. The highest BCUT2D eigenvalue weighted by atomic mass is 35.5. The molecule has 0 aliphatic carbocycles. The van der Waals surface area contributed by atoms with Crippen LogP contribution in [0.25, 0.3) is 0 Å². The van der Waals surface area contributed by atoms with E-state index in [0.717, 1.165) is 10.5 Å². The molecule has 0 saturated carbocycles. The minimum absolute atomic E-state index is 0.0845. The number of hydrogen-bond donors (Lipinski definition) is 1. The van der Waals surface area contributed by atoms with Crippen LogP contribution >= 0.6 is 23.4 Å². The van der Waals surface area contributed by atoms with Crippen molar-refractivity contribution in [3.63, 3.8) is 0 Å². The Labute approximate surface area is 121 Å². The fourth-order valence-corrected chi connectivity index (χ4v) is 3.21. The van der Waals surface area contributed by atoms with E-state index < -0.39 is 5.97 Å². The van der Waals surface area contributed by atoms with Crippen LogP contribution in [-0.2, 0) is 4.79 Å². The highest BCUT2D eigenvalue weighted by Gasteiger charge is 2.16. The topological polar surface area (TPSA) is 37.3 Å². The Hall–Kier alpha value is -1.45. The standard InChI is InChI=1S/C15H13ClO2S/c16-12-7-4-8-13(9-12)19-14(10-15(17)18)11-5-2-1-3-6-11/h1-9,14H,10H2,(H,17,18). The van der Waals surface area contributed by atoms with Crippen LogP contribution < -0.4 is 0 Å². The van der Waals surface area contributed by atoms with Crippen LogP contribution in [0.2, 0.25) is 5.02 Å². The van der Waals surface area contributed by atoms with Crippen molar-refractivity contribution in [2.75, 3.05) is 0 Å². The van der Waals surface area contributed by atoms with E-state index in [1.807, 2.05) is 48.5 Å². The Morgan fingerprint density at radius 3 is 2.53 bits per heavy atom. The van der Waals surface area contributed by atoms with Crippen molar-refractivity contribution < 1.29 is 9.90 Å². The van der Waals surface area contributed by atoms with Gasteiger partial charge in [0, 0.05) is 15.2 Å². The molecule has 2 nitrogen and oxygen atoms in total. The molecule has 2 rings (SSSR count). The van der Waals surface area contributed by atoms with Gasteiger partial charge in [-0.2, -0.15) is 0 Å². The number of aliphatic carboxylic acids is 1. The summed E-state index contributed by atoms with van der Waals surface area (Å²) < 4.78 is 0. The second-order valence-corrected chi connectivity index (χ2v) is 5.78. The van der Waals surface area contributed by atoms with E-state index in [0.29, 0.717) is 5.02 Å². The van der Waals surface area contributed by atoms with Crippen LogP contribution in [-0.4, -0.2) is 11.1 Å². The van der Waals surface area contributed by atoms with Crippen molar-refractivity contribution in [1.29, 1.82) is 0 Å². The maximum Gasteiger partial charge on any atom is 0.304 e. The molecular weight excluding hydrogens is 280 g/mol. The van der Waals surface area contributed by atoms with Crippen LogP contribution in [0.3, 0.4) is 0 Å². The molecule has 0 aliphatic heterocycles. The summed E-state index contributed by atoms with van der Waals surface area (Å²) in [5.41, 5.74) is 1.01. The molecule has 0 aromatic heterocycles.